The minimum absolute atomic E-state index is 0.00437. The van der Waals surface area contributed by atoms with Crippen LogP contribution in [0.2, 0.25) is 0 Å². The molecule has 3 rings (SSSR count). The highest BCUT2D eigenvalue weighted by Gasteiger charge is 2.15. The molecule has 0 atom stereocenters. The van der Waals surface area contributed by atoms with Gasteiger partial charge in [0.25, 0.3) is 5.91 Å². The predicted octanol–water partition coefficient (Wildman–Crippen LogP) is 1.75. The molecule has 1 amide bonds. The fourth-order valence-electron chi connectivity index (χ4n) is 2.26. The summed E-state index contributed by atoms with van der Waals surface area (Å²) in [7, 11) is 1.61. The second-order valence-electron chi connectivity index (χ2n) is 5.19. The third-order valence-electron chi connectivity index (χ3n) is 3.50. The van der Waals surface area contributed by atoms with E-state index in [0.29, 0.717) is 22.5 Å². The lowest BCUT2D eigenvalue weighted by molar-refractivity contribution is 0.0995. The van der Waals surface area contributed by atoms with Gasteiger partial charge in [0.05, 0.1) is 17.6 Å². The number of pyridine rings is 1. The number of hydrogen-bond acceptors (Lipinski definition) is 4. The first kappa shape index (κ1) is 15.5. The fourth-order valence-corrected chi connectivity index (χ4v) is 2.26. The van der Waals surface area contributed by atoms with Crippen molar-refractivity contribution in [1.82, 2.24) is 14.5 Å². The highest BCUT2D eigenvalue weighted by atomic mass is 19.1. The molecule has 6 nitrogen and oxygen atoms in total. The number of aryl methyl sites for hydroxylation is 1. The number of amides is 1. The molecule has 2 heterocycles. The molecule has 0 fully saturated rings. The summed E-state index contributed by atoms with van der Waals surface area (Å²) in [5.41, 5.74) is 7.16. The molecular formula is C17H13FN4O2. The number of benzene rings is 1. The van der Waals surface area contributed by atoms with Crippen molar-refractivity contribution < 1.29 is 9.18 Å². The van der Waals surface area contributed by atoms with Gasteiger partial charge in [0.2, 0.25) is 5.56 Å². The molecule has 120 valence electrons. The van der Waals surface area contributed by atoms with Crippen LogP contribution in [0.15, 0.2) is 53.6 Å². The normalized spacial score (nSPS) is 10.6. The molecule has 3 aromatic rings. The van der Waals surface area contributed by atoms with Gasteiger partial charge in [0, 0.05) is 30.4 Å². The number of aromatic nitrogens is 3. The van der Waals surface area contributed by atoms with E-state index in [1.165, 1.54) is 29.0 Å². The summed E-state index contributed by atoms with van der Waals surface area (Å²) in [4.78, 5) is 31.5. The molecule has 2 aromatic heterocycles. The van der Waals surface area contributed by atoms with Gasteiger partial charge in [0.1, 0.15) is 11.5 Å². The Morgan fingerprint density at radius 2 is 1.75 bits per heavy atom. The van der Waals surface area contributed by atoms with Crippen molar-refractivity contribution in [2.45, 2.75) is 0 Å². The van der Waals surface area contributed by atoms with Crippen molar-refractivity contribution in [1.29, 1.82) is 0 Å². The molecule has 0 aliphatic rings. The summed E-state index contributed by atoms with van der Waals surface area (Å²) < 4.78 is 14.5. The summed E-state index contributed by atoms with van der Waals surface area (Å²) >= 11 is 0. The molecule has 0 bridgehead atoms. The van der Waals surface area contributed by atoms with Crippen LogP contribution in [0, 0.1) is 5.82 Å². The van der Waals surface area contributed by atoms with E-state index in [9.17, 15) is 14.0 Å². The van der Waals surface area contributed by atoms with Crippen molar-refractivity contribution in [3.05, 3.63) is 70.7 Å². The zero-order valence-electron chi connectivity index (χ0n) is 12.7. The second kappa shape index (κ2) is 6.04. The number of hydrogen-bond donors (Lipinski definition) is 1. The van der Waals surface area contributed by atoms with Gasteiger partial charge in [0.15, 0.2) is 0 Å². The smallest absolute Gasteiger partial charge is 0.268 e. The van der Waals surface area contributed by atoms with Crippen LogP contribution in [-0.4, -0.2) is 20.4 Å². The van der Waals surface area contributed by atoms with E-state index in [1.807, 2.05) is 0 Å². The Kier molecular flexibility index (Phi) is 3.91. The second-order valence-corrected chi connectivity index (χ2v) is 5.19. The van der Waals surface area contributed by atoms with E-state index < -0.39 is 5.91 Å². The van der Waals surface area contributed by atoms with Crippen molar-refractivity contribution in [2.24, 2.45) is 12.8 Å². The Bertz CT molecular complexity index is 981. The Balaban J connectivity index is 2.25. The van der Waals surface area contributed by atoms with Crippen molar-refractivity contribution in [3.63, 3.8) is 0 Å². The maximum Gasteiger partial charge on any atom is 0.268 e. The lowest BCUT2D eigenvalue weighted by Crippen LogP contribution is -2.16. The maximum atomic E-state index is 13.2. The molecular weight excluding hydrogens is 311 g/mol. The zero-order valence-corrected chi connectivity index (χ0v) is 12.7. The molecule has 7 heteroatoms. The standard InChI is InChI=1S/C17H13FN4O2/c1-22-9-11(4-7-14(22)23)16-15(10-2-5-12(18)6-3-10)20-8-13(21-16)17(19)24/h2-9H,1H3,(H2,19,24). The van der Waals surface area contributed by atoms with E-state index in [4.69, 9.17) is 5.73 Å². The van der Waals surface area contributed by atoms with Gasteiger partial charge in [-0.25, -0.2) is 9.37 Å². The molecule has 0 radical (unpaired) electrons. The van der Waals surface area contributed by atoms with Crippen LogP contribution in [-0.2, 0) is 7.05 Å². The lowest BCUT2D eigenvalue weighted by atomic mass is 10.0. The first-order valence-corrected chi connectivity index (χ1v) is 7.05. The minimum Gasteiger partial charge on any atom is -0.364 e. The van der Waals surface area contributed by atoms with Gasteiger partial charge in [-0.2, -0.15) is 0 Å². The van der Waals surface area contributed by atoms with E-state index in [-0.39, 0.29) is 17.1 Å². The number of carbonyl (C=O) groups is 1. The number of carbonyl (C=O) groups excluding carboxylic acids is 1. The number of nitrogens with zero attached hydrogens (tertiary/aromatic N) is 3. The van der Waals surface area contributed by atoms with E-state index in [1.54, 1.807) is 31.4 Å². The summed E-state index contributed by atoms with van der Waals surface area (Å²) in [5.74, 6) is -1.08. The Morgan fingerprint density at radius 3 is 2.38 bits per heavy atom. The van der Waals surface area contributed by atoms with E-state index >= 15 is 0 Å². The SMILES string of the molecule is Cn1cc(-c2nc(C(N)=O)cnc2-c2ccc(F)cc2)ccc1=O. The largest absolute Gasteiger partial charge is 0.364 e. The Morgan fingerprint density at radius 1 is 1.08 bits per heavy atom. The molecule has 0 saturated carbocycles. The van der Waals surface area contributed by atoms with Crippen LogP contribution >= 0.6 is 0 Å². The van der Waals surface area contributed by atoms with Crippen LogP contribution in [0.1, 0.15) is 10.5 Å². The van der Waals surface area contributed by atoms with Crippen molar-refractivity contribution >= 4 is 5.91 Å². The van der Waals surface area contributed by atoms with Gasteiger partial charge in [-0.15, -0.1) is 0 Å². The monoisotopic (exact) mass is 324 g/mol. The highest BCUT2D eigenvalue weighted by Crippen LogP contribution is 2.28. The van der Waals surface area contributed by atoms with Gasteiger partial charge in [-0.3, -0.25) is 14.6 Å². The molecule has 0 saturated heterocycles. The van der Waals surface area contributed by atoms with Crippen LogP contribution in [0.25, 0.3) is 22.5 Å². The third-order valence-corrected chi connectivity index (χ3v) is 3.50. The topological polar surface area (TPSA) is 90.9 Å². The summed E-state index contributed by atoms with van der Waals surface area (Å²) in [5, 5.41) is 0. The molecule has 0 spiro atoms. The molecule has 0 aliphatic heterocycles. The first-order chi connectivity index (χ1) is 11.5. The Labute approximate surface area is 136 Å². The summed E-state index contributed by atoms with van der Waals surface area (Å²) in [6.45, 7) is 0. The first-order valence-electron chi connectivity index (χ1n) is 7.05. The molecule has 2 N–H and O–H groups in total. The van der Waals surface area contributed by atoms with Gasteiger partial charge >= 0.3 is 0 Å². The quantitative estimate of drug-likeness (QED) is 0.794. The number of halogens is 1. The average molecular weight is 324 g/mol. The van der Waals surface area contributed by atoms with Crippen molar-refractivity contribution in [2.75, 3.05) is 0 Å². The minimum atomic E-state index is -0.709. The van der Waals surface area contributed by atoms with Crippen molar-refractivity contribution in [3.8, 4) is 22.5 Å². The highest BCUT2D eigenvalue weighted by molar-refractivity contribution is 5.92. The zero-order chi connectivity index (χ0) is 17.3. The van der Waals surface area contributed by atoms with E-state index in [2.05, 4.69) is 9.97 Å². The summed E-state index contributed by atoms with van der Waals surface area (Å²) in [6.07, 6.45) is 2.86. The average Bonchev–Trinajstić information content (AvgIpc) is 2.57. The fraction of sp³-hybridized carbons (Fsp3) is 0.0588. The van der Waals surface area contributed by atoms with Gasteiger partial charge in [-0.1, -0.05) is 0 Å². The number of primary amides is 1. The van der Waals surface area contributed by atoms with Gasteiger partial charge in [-0.05, 0) is 30.3 Å². The maximum absolute atomic E-state index is 13.2. The van der Waals surface area contributed by atoms with Crippen LogP contribution in [0.3, 0.4) is 0 Å². The number of nitrogens with two attached hydrogens (primary N) is 1. The number of rotatable bonds is 3. The predicted molar refractivity (Wildman–Crippen MR) is 86.6 cm³/mol. The van der Waals surface area contributed by atoms with E-state index in [0.717, 1.165) is 0 Å². The Hall–Kier alpha value is -3.35. The van der Waals surface area contributed by atoms with Crippen LogP contribution in [0.4, 0.5) is 4.39 Å². The third kappa shape index (κ3) is 2.91. The summed E-state index contributed by atoms with van der Waals surface area (Å²) in [6, 6.07) is 8.73. The van der Waals surface area contributed by atoms with Gasteiger partial charge < -0.3 is 10.3 Å². The molecule has 0 aliphatic carbocycles. The molecule has 24 heavy (non-hydrogen) atoms. The van der Waals surface area contributed by atoms with Crippen LogP contribution < -0.4 is 11.3 Å². The molecule has 0 unspecified atom stereocenters. The van der Waals surface area contributed by atoms with Crippen LogP contribution in [0.5, 0.6) is 0 Å². The molecule has 1 aromatic carbocycles. The lowest BCUT2D eigenvalue weighted by Gasteiger charge is -2.10.